The lowest BCUT2D eigenvalue weighted by atomic mass is 10.1. The Hall–Kier alpha value is -3.20. The summed E-state index contributed by atoms with van der Waals surface area (Å²) < 4.78 is 0. The molecule has 0 atom stereocenters. The summed E-state index contributed by atoms with van der Waals surface area (Å²) in [5.74, 6) is 1.58. The predicted molar refractivity (Wildman–Crippen MR) is 109 cm³/mol. The van der Waals surface area contributed by atoms with Gasteiger partial charge < -0.3 is 5.32 Å². The summed E-state index contributed by atoms with van der Waals surface area (Å²) >= 11 is 0. The van der Waals surface area contributed by atoms with E-state index in [1.165, 1.54) is 11.1 Å². The van der Waals surface area contributed by atoms with Crippen LogP contribution in [0, 0.1) is 6.92 Å². The Labute approximate surface area is 153 Å². The summed E-state index contributed by atoms with van der Waals surface area (Å²) in [7, 11) is 0. The standard InChI is InChI=1S/C23H21N3/c1-3-17-8-4-6-10-20(17)24-23-19-9-5-7-11-21(19)25-22(26-23)18-14-12-16(2)13-15-18/h4-15H,3H2,1-2H3,(H,24,25,26). The van der Waals surface area contributed by atoms with Gasteiger partial charge in [-0.2, -0.15) is 0 Å². The number of nitrogens with zero attached hydrogens (tertiary/aromatic N) is 2. The molecule has 0 radical (unpaired) electrons. The maximum atomic E-state index is 4.85. The zero-order chi connectivity index (χ0) is 17.9. The Morgan fingerprint density at radius 3 is 2.35 bits per heavy atom. The monoisotopic (exact) mass is 339 g/mol. The third kappa shape index (κ3) is 3.16. The molecule has 0 unspecified atom stereocenters. The summed E-state index contributed by atoms with van der Waals surface area (Å²) in [5.41, 5.74) is 5.55. The Morgan fingerprint density at radius 2 is 1.54 bits per heavy atom. The van der Waals surface area contributed by atoms with Crippen molar-refractivity contribution in [1.29, 1.82) is 0 Å². The van der Waals surface area contributed by atoms with E-state index in [0.29, 0.717) is 0 Å². The molecule has 4 rings (SSSR count). The van der Waals surface area contributed by atoms with Crippen LogP contribution in [-0.2, 0) is 6.42 Å². The first kappa shape index (κ1) is 16.3. The number of hydrogen-bond acceptors (Lipinski definition) is 3. The van der Waals surface area contributed by atoms with Gasteiger partial charge in [0.15, 0.2) is 5.82 Å². The van der Waals surface area contributed by atoms with Gasteiger partial charge in [-0.1, -0.05) is 67.1 Å². The summed E-state index contributed by atoms with van der Waals surface area (Å²) in [4.78, 5) is 9.62. The number of nitrogens with one attached hydrogen (secondary N) is 1. The highest BCUT2D eigenvalue weighted by molar-refractivity contribution is 5.92. The Bertz CT molecular complexity index is 1050. The van der Waals surface area contributed by atoms with Crippen LogP contribution in [0.4, 0.5) is 11.5 Å². The normalized spacial score (nSPS) is 10.8. The third-order valence-electron chi connectivity index (χ3n) is 4.56. The maximum Gasteiger partial charge on any atom is 0.162 e. The minimum atomic E-state index is 0.736. The Kier molecular flexibility index (Phi) is 4.36. The van der Waals surface area contributed by atoms with E-state index in [4.69, 9.17) is 9.97 Å². The number of hydrogen-bond donors (Lipinski definition) is 1. The maximum absolute atomic E-state index is 4.85. The first-order chi connectivity index (χ1) is 12.7. The molecule has 26 heavy (non-hydrogen) atoms. The number of aryl methyl sites for hydroxylation is 2. The van der Waals surface area contributed by atoms with Gasteiger partial charge in [-0.25, -0.2) is 9.97 Å². The van der Waals surface area contributed by atoms with E-state index < -0.39 is 0 Å². The van der Waals surface area contributed by atoms with E-state index in [2.05, 4.69) is 67.7 Å². The van der Waals surface area contributed by atoms with Crippen molar-refractivity contribution in [1.82, 2.24) is 9.97 Å². The molecule has 3 aromatic carbocycles. The van der Waals surface area contributed by atoms with Crippen molar-refractivity contribution in [3.8, 4) is 11.4 Å². The zero-order valence-electron chi connectivity index (χ0n) is 15.0. The molecule has 3 nitrogen and oxygen atoms in total. The topological polar surface area (TPSA) is 37.8 Å². The largest absolute Gasteiger partial charge is 0.339 e. The van der Waals surface area contributed by atoms with Gasteiger partial charge in [0.2, 0.25) is 0 Å². The third-order valence-corrected chi connectivity index (χ3v) is 4.56. The van der Waals surface area contributed by atoms with Crippen LogP contribution in [0.2, 0.25) is 0 Å². The lowest BCUT2D eigenvalue weighted by molar-refractivity contribution is 1.14. The van der Waals surface area contributed by atoms with Gasteiger partial charge in [-0.15, -0.1) is 0 Å². The number of anilines is 2. The highest BCUT2D eigenvalue weighted by Crippen LogP contribution is 2.28. The van der Waals surface area contributed by atoms with Crippen LogP contribution in [0.15, 0.2) is 72.8 Å². The summed E-state index contributed by atoms with van der Waals surface area (Å²) in [6.45, 7) is 4.25. The number of fused-ring (bicyclic) bond motifs is 1. The van der Waals surface area contributed by atoms with Crippen LogP contribution in [0.25, 0.3) is 22.3 Å². The zero-order valence-corrected chi connectivity index (χ0v) is 15.0. The predicted octanol–water partition coefficient (Wildman–Crippen LogP) is 5.91. The second-order valence-corrected chi connectivity index (χ2v) is 6.41. The molecule has 0 aliphatic rings. The SMILES string of the molecule is CCc1ccccc1Nc1nc(-c2ccc(C)cc2)nc2ccccc12. The molecule has 0 bridgehead atoms. The van der Waals surface area contributed by atoms with Gasteiger partial charge in [0.1, 0.15) is 5.82 Å². The van der Waals surface area contributed by atoms with Gasteiger partial charge in [0, 0.05) is 16.6 Å². The van der Waals surface area contributed by atoms with E-state index in [0.717, 1.165) is 40.2 Å². The molecule has 0 saturated carbocycles. The number of para-hydroxylation sites is 2. The second-order valence-electron chi connectivity index (χ2n) is 6.41. The van der Waals surface area contributed by atoms with Crippen molar-refractivity contribution >= 4 is 22.4 Å². The Morgan fingerprint density at radius 1 is 0.808 bits per heavy atom. The van der Waals surface area contributed by atoms with Crippen LogP contribution in [0.5, 0.6) is 0 Å². The quantitative estimate of drug-likeness (QED) is 0.502. The number of rotatable bonds is 4. The minimum absolute atomic E-state index is 0.736. The van der Waals surface area contributed by atoms with Crippen molar-refractivity contribution in [2.75, 3.05) is 5.32 Å². The lowest BCUT2D eigenvalue weighted by Gasteiger charge is -2.13. The van der Waals surface area contributed by atoms with Gasteiger partial charge in [0.25, 0.3) is 0 Å². The molecule has 1 heterocycles. The van der Waals surface area contributed by atoms with E-state index >= 15 is 0 Å². The van der Waals surface area contributed by atoms with E-state index in [1.54, 1.807) is 0 Å². The number of aromatic nitrogens is 2. The fraction of sp³-hybridized carbons (Fsp3) is 0.130. The van der Waals surface area contributed by atoms with E-state index in [1.807, 2.05) is 24.3 Å². The molecule has 0 saturated heterocycles. The molecular formula is C23H21N3. The fourth-order valence-electron chi connectivity index (χ4n) is 3.08. The molecule has 0 amide bonds. The summed E-state index contributed by atoms with van der Waals surface area (Å²) in [5, 5.41) is 4.56. The van der Waals surface area contributed by atoms with Crippen LogP contribution in [0.1, 0.15) is 18.1 Å². The molecule has 0 fully saturated rings. The van der Waals surface area contributed by atoms with E-state index in [-0.39, 0.29) is 0 Å². The van der Waals surface area contributed by atoms with E-state index in [9.17, 15) is 0 Å². The molecular weight excluding hydrogens is 318 g/mol. The molecule has 0 aliphatic heterocycles. The highest BCUT2D eigenvalue weighted by atomic mass is 15.0. The van der Waals surface area contributed by atoms with Gasteiger partial charge in [0.05, 0.1) is 5.52 Å². The first-order valence-electron chi connectivity index (χ1n) is 8.93. The van der Waals surface area contributed by atoms with Crippen LogP contribution < -0.4 is 5.32 Å². The summed E-state index contributed by atoms with van der Waals surface area (Å²) in [6, 6.07) is 24.8. The first-order valence-corrected chi connectivity index (χ1v) is 8.93. The fourth-order valence-corrected chi connectivity index (χ4v) is 3.08. The van der Waals surface area contributed by atoms with Crippen molar-refractivity contribution in [2.45, 2.75) is 20.3 Å². The van der Waals surface area contributed by atoms with Crippen LogP contribution in [0.3, 0.4) is 0 Å². The van der Waals surface area contributed by atoms with Crippen molar-refractivity contribution < 1.29 is 0 Å². The molecule has 4 aromatic rings. The summed E-state index contributed by atoms with van der Waals surface area (Å²) in [6.07, 6.45) is 0.969. The van der Waals surface area contributed by atoms with Crippen molar-refractivity contribution in [3.63, 3.8) is 0 Å². The Balaban J connectivity index is 1.86. The molecule has 0 spiro atoms. The molecule has 0 aliphatic carbocycles. The smallest absolute Gasteiger partial charge is 0.162 e. The lowest BCUT2D eigenvalue weighted by Crippen LogP contribution is -2.01. The highest BCUT2D eigenvalue weighted by Gasteiger charge is 2.10. The van der Waals surface area contributed by atoms with Crippen molar-refractivity contribution in [2.24, 2.45) is 0 Å². The molecule has 128 valence electrons. The van der Waals surface area contributed by atoms with Crippen LogP contribution >= 0.6 is 0 Å². The second kappa shape index (κ2) is 6.96. The average Bonchev–Trinajstić information content (AvgIpc) is 2.69. The van der Waals surface area contributed by atoms with Gasteiger partial charge in [-0.3, -0.25) is 0 Å². The number of benzene rings is 3. The molecule has 1 aromatic heterocycles. The van der Waals surface area contributed by atoms with Crippen LogP contribution in [-0.4, -0.2) is 9.97 Å². The van der Waals surface area contributed by atoms with Gasteiger partial charge >= 0.3 is 0 Å². The van der Waals surface area contributed by atoms with Crippen molar-refractivity contribution in [3.05, 3.63) is 83.9 Å². The van der Waals surface area contributed by atoms with Gasteiger partial charge in [-0.05, 0) is 37.1 Å². The average molecular weight is 339 g/mol. The molecule has 3 heteroatoms. The minimum Gasteiger partial charge on any atom is -0.339 e. The molecule has 1 N–H and O–H groups in total.